The highest BCUT2D eigenvalue weighted by Gasteiger charge is 2.04. The Morgan fingerprint density at radius 2 is 1.89 bits per heavy atom. The summed E-state index contributed by atoms with van der Waals surface area (Å²) in [7, 11) is 0. The third-order valence-electron chi connectivity index (χ3n) is 2.87. The molecular formula is C15H20N4. The first-order chi connectivity index (χ1) is 9.16. The van der Waals surface area contributed by atoms with Crippen LogP contribution in [0.2, 0.25) is 0 Å². The van der Waals surface area contributed by atoms with Crippen LogP contribution < -0.4 is 5.32 Å². The summed E-state index contributed by atoms with van der Waals surface area (Å²) in [5.74, 6) is 1.39. The van der Waals surface area contributed by atoms with Gasteiger partial charge in [-0.3, -0.25) is 4.98 Å². The molecule has 19 heavy (non-hydrogen) atoms. The zero-order valence-electron chi connectivity index (χ0n) is 11.7. The number of rotatable bonds is 5. The Labute approximate surface area is 114 Å². The molecule has 0 spiro atoms. The van der Waals surface area contributed by atoms with Crippen molar-refractivity contribution in [3.63, 3.8) is 0 Å². The Bertz CT molecular complexity index is 520. The van der Waals surface area contributed by atoms with Crippen molar-refractivity contribution in [1.29, 1.82) is 0 Å². The van der Waals surface area contributed by atoms with E-state index >= 15 is 0 Å². The molecule has 2 aromatic rings. The van der Waals surface area contributed by atoms with Crippen LogP contribution in [-0.2, 0) is 6.54 Å². The second-order valence-electron chi connectivity index (χ2n) is 5.13. The van der Waals surface area contributed by atoms with Crippen LogP contribution in [0.1, 0.15) is 25.0 Å². The molecule has 2 aromatic heterocycles. The molecule has 0 fully saturated rings. The number of nitrogens with one attached hydrogen (secondary N) is 1. The monoisotopic (exact) mass is 256 g/mol. The summed E-state index contributed by atoms with van der Waals surface area (Å²) in [6, 6.07) is 1.97. The average Bonchev–Trinajstić information content (AvgIpc) is 2.40. The van der Waals surface area contributed by atoms with Gasteiger partial charge in [-0.15, -0.1) is 0 Å². The first kappa shape index (κ1) is 13.6. The van der Waals surface area contributed by atoms with Gasteiger partial charge in [-0.1, -0.05) is 13.8 Å². The fourth-order valence-electron chi connectivity index (χ4n) is 1.79. The Kier molecular flexibility index (Phi) is 4.58. The number of aryl methyl sites for hydroxylation is 1. The highest BCUT2D eigenvalue weighted by atomic mass is 14.9. The molecule has 0 saturated heterocycles. The number of nitrogens with zero attached hydrogens (tertiary/aromatic N) is 3. The van der Waals surface area contributed by atoms with Crippen molar-refractivity contribution >= 4 is 0 Å². The molecule has 4 nitrogen and oxygen atoms in total. The molecule has 0 aliphatic carbocycles. The molecule has 0 aromatic carbocycles. The van der Waals surface area contributed by atoms with E-state index in [1.54, 1.807) is 12.4 Å². The normalized spacial score (nSPS) is 10.9. The number of hydrogen-bond acceptors (Lipinski definition) is 4. The third-order valence-corrected chi connectivity index (χ3v) is 2.87. The van der Waals surface area contributed by atoms with Gasteiger partial charge in [0.05, 0.1) is 0 Å². The Morgan fingerprint density at radius 3 is 2.53 bits per heavy atom. The standard InChI is InChI=1S/C15H20N4/c1-11(2)6-17-7-13-8-18-15(19-9-13)14-10-16-5-4-12(14)3/h4-5,8-11,17H,6-7H2,1-3H3. The van der Waals surface area contributed by atoms with Gasteiger partial charge in [-0.2, -0.15) is 0 Å². The van der Waals surface area contributed by atoms with E-state index in [1.165, 1.54) is 0 Å². The maximum Gasteiger partial charge on any atom is 0.160 e. The molecule has 0 unspecified atom stereocenters. The van der Waals surface area contributed by atoms with Crippen LogP contribution in [0.25, 0.3) is 11.4 Å². The minimum absolute atomic E-state index is 0.651. The maximum absolute atomic E-state index is 4.42. The lowest BCUT2D eigenvalue weighted by Crippen LogP contribution is -2.19. The highest BCUT2D eigenvalue weighted by Crippen LogP contribution is 2.17. The van der Waals surface area contributed by atoms with Gasteiger partial charge in [0.1, 0.15) is 0 Å². The smallest absolute Gasteiger partial charge is 0.160 e. The van der Waals surface area contributed by atoms with Gasteiger partial charge in [-0.05, 0) is 31.0 Å². The Balaban J connectivity index is 2.04. The molecule has 0 aliphatic heterocycles. The zero-order valence-corrected chi connectivity index (χ0v) is 11.7. The lowest BCUT2D eigenvalue weighted by atomic mass is 10.1. The van der Waals surface area contributed by atoms with Crippen LogP contribution in [0, 0.1) is 12.8 Å². The van der Waals surface area contributed by atoms with Gasteiger partial charge >= 0.3 is 0 Å². The van der Waals surface area contributed by atoms with Crippen molar-refractivity contribution in [3.05, 3.63) is 42.0 Å². The highest BCUT2D eigenvalue weighted by molar-refractivity contribution is 5.57. The van der Waals surface area contributed by atoms with E-state index in [2.05, 4.69) is 34.1 Å². The van der Waals surface area contributed by atoms with E-state index in [0.29, 0.717) is 5.92 Å². The van der Waals surface area contributed by atoms with Gasteiger partial charge < -0.3 is 5.32 Å². The minimum atomic E-state index is 0.651. The van der Waals surface area contributed by atoms with E-state index in [0.717, 1.165) is 35.6 Å². The summed E-state index contributed by atoms with van der Waals surface area (Å²) in [5.41, 5.74) is 3.23. The summed E-state index contributed by atoms with van der Waals surface area (Å²) in [4.78, 5) is 13.0. The van der Waals surface area contributed by atoms with Crippen LogP contribution in [0.15, 0.2) is 30.9 Å². The van der Waals surface area contributed by atoms with Crippen LogP contribution in [0.3, 0.4) is 0 Å². The van der Waals surface area contributed by atoms with Crippen molar-refractivity contribution < 1.29 is 0 Å². The molecular weight excluding hydrogens is 236 g/mol. The Morgan fingerprint density at radius 1 is 1.16 bits per heavy atom. The van der Waals surface area contributed by atoms with Gasteiger partial charge in [0, 0.05) is 42.5 Å². The van der Waals surface area contributed by atoms with Gasteiger partial charge in [0.2, 0.25) is 0 Å². The van der Waals surface area contributed by atoms with Crippen LogP contribution in [0.4, 0.5) is 0 Å². The molecule has 0 atom stereocenters. The summed E-state index contributed by atoms with van der Waals surface area (Å²) in [6.45, 7) is 8.24. The van der Waals surface area contributed by atoms with Crippen LogP contribution >= 0.6 is 0 Å². The molecule has 0 aliphatic rings. The molecule has 1 N–H and O–H groups in total. The van der Waals surface area contributed by atoms with Crippen molar-refractivity contribution in [1.82, 2.24) is 20.3 Å². The summed E-state index contributed by atoms with van der Waals surface area (Å²) in [6.07, 6.45) is 7.34. The van der Waals surface area contributed by atoms with E-state index < -0.39 is 0 Å². The predicted molar refractivity (Wildman–Crippen MR) is 76.5 cm³/mol. The van der Waals surface area contributed by atoms with Crippen molar-refractivity contribution in [2.75, 3.05) is 6.54 Å². The third kappa shape index (κ3) is 3.83. The van der Waals surface area contributed by atoms with E-state index in [-0.39, 0.29) is 0 Å². The lowest BCUT2D eigenvalue weighted by molar-refractivity contribution is 0.551. The molecule has 2 rings (SSSR count). The molecule has 0 amide bonds. The fourth-order valence-corrected chi connectivity index (χ4v) is 1.79. The predicted octanol–water partition coefficient (Wildman–Crippen LogP) is 2.59. The Hall–Kier alpha value is -1.81. The molecule has 2 heterocycles. The molecule has 0 saturated carbocycles. The van der Waals surface area contributed by atoms with Crippen molar-refractivity contribution in [2.45, 2.75) is 27.3 Å². The summed E-state index contributed by atoms with van der Waals surface area (Å²) < 4.78 is 0. The first-order valence-electron chi connectivity index (χ1n) is 6.59. The van der Waals surface area contributed by atoms with E-state index in [1.807, 2.05) is 25.4 Å². The van der Waals surface area contributed by atoms with Gasteiger partial charge in [0.15, 0.2) is 5.82 Å². The quantitative estimate of drug-likeness (QED) is 0.893. The topological polar surface area (TPSA) is 50.7 Å². The first-order valence-corrected chi connectivity index (χ1v) is 6.59. The number of aromatic nitrogens is 3. The number of pyridine rings is 1. The number of hydrogen-bond donors (Lipinski definition) is 1. The molecule has 4 heteroatoms. The van der Waals surface area contributed by atoms with Crippen molar-refractivity contribution in [3.8, 4) is 11.4 Å². The molecule has 100 valence electrons. The van der Waals surface area contributed by atoms with Crippen molar-refractivity contribution in [2.24, 2.45) is 5.92 Å². The second-order valence-corrected chi connectivity index (χ2v) is 5.13. The lowest BCUT2D eigenvalue weighted by Gasteiger charge is -2.08. The maximum atomic E-state index is 4.42. The van der Waals surface area contributed by atoms with Gasteiger partial charge in [-0.25, -0.2) is 9.97 Å². The van der Waals surface area contributed by atoms with E-state index in [9.17, 15) is 0 Å². The average molecular weight is 256 g/mol. The van der Waals surface area contributed by atoms with Gasteiger partial charge in [0.25, 0.3) is 0 Å². The largest absolute Gasteiger partial charge is 0.312 e. The van der Waals surface area contributed by atoms with E-state index in [4.69, 9.17) is 0 Å². The fraction of sp³-hybridized carbons (Fsp3) is 0.400. The zero-order chi connectivity index (χ0) is 13.7. The summed E-state index contributed by atoms with van der Waals surface area (Å²) in [5, 5.41) is 3.38. The SMILES string of the molecule is Cc1ccncc1-c1ncc(CNCC(C)C)cn1. The molecule has 0 radical (unpaired) electrons. The van der Waals surface area contributed by atoms with Crippen LogP contribution in [0.5, 0.6) is 0 Å². The van der Waals surface area contributed by atoms with Crippen LogP contribution in [-0.4, -0.2) is 21.5 Å². The minimum Gasteiger partial charge on any atom is -0.312 e. The summed E-state index contributed by atoms with van der Waals surface area (Å²) >= 11 is 0. The second kappa shape index (κ2) is 6.38. The molecule has 0 bridgehead atoms.